The molecule has 0 bridgehead atoms. The summed E-state index contributed by atoms with van der Waals surface area (Å²) in [6.45, 7) is 5.96. The van der Waals surface area contributed by atoms with Crippen LogP contribution >= 0.6 is 0 Å². The lowest BCUT2D eigenvalue weighted by Crippen LogP contribution is -2.23. The van der Waals surface area contributed by atoms with Crippen LogP contribution in [-0.2, 0) is 14.3 Å². The SMILES string of the molecule is CCC(=O)C(C)OCC1CCOC1. The van der Waals surface area contributed by atoms with Gasteiger partial charge in [0.1, 0.15) is 6.10 Å². The molecule has 1 rings (SSSR count). The first-order chi connectivity index (χ1) is 6.24. The van der Waals surface area contributed by atoms with E-state index in [0.29, 0.717) is 18.9 Å². The average molecular weight is 186 g/mol. The van der Waals surface area contributed by atoms with Gasteiger partial charge in [-0.05, 0) is 13.3 Å². The van der Waals surface area contributed by atoms with Crippen LogP contribution in [0.2, 0.25) is 0 Å². The van der Waals surface area contributed by atoms with Crippen molar-refractivity contribution >= 4 is 5.78 Å². The van der Waals surface area contributed by atoms with Crippen LogP contribution in [0.1, 0.15) is 26.7 Å². The van der Waals surface area contributed by atoms with Crippen LogP contribution in [0.25, 0.3) is 0 Å². The maximum absolute atomic E-state index is 11.2. The molecular formula is C10H18O3. The third kappa shape index (κ3) is 3.44. The maximum atomic E-state index is 11.2. The molecule has 76 valence electrons. The molecule has 0 aromatic rings. The van der Waals surface area contributed by atoms with Gasteiger partial charge in [0.05, 0.1) is 13.2 Å². The Bertz CT molecular complexity index is 162. The molecule has 3 nitrogen and oxygen atoms in total. The van der Waals surface area contributed by atoms with E-state index in [4.69, 9.17) is 9.47 Å². The smallest absolute Gasteiger partial charge is 0.160 e. The van der Waals surface area contributed by atoms with Crippen molar-refractivity contribution in [2.24, 2.45) is 5.92 Å². The van der Waals surface area contributed by atoms with E-state index in [2.05, 4.69) is 0 Å². The topological polar surface area (TPSA) is 35.5 Å². The molecule has 1 saturated heterocycles. The highest BCUT2D eigenvalue weighted by Gasteiger charge is 2.18. The average Bonchev–Trinajstić information content (AvgIpc) is 2.65. The van der Waals surface area contributed by atoms with Gasteiger partial charge in [-0.15, -0.1) is 0 Å². The van der Waals surface area contributed by atoms with Crippen molar-refractivity contribution in [2.75, 3.05) is 19.8 Å². The highest BCUT2D eigenvalue weighted by Crippen LogP contribution is 2.13. The molecule has 0 spiro atoms. The van der Waals surface area contributed by atoms with Crippen LogP contribution in [0, 0.1) is 5.92 Å². The summed E-state index contributed by atoms with van der Waals surface area (Å²) in [4.78, 5) is 11.2. The standard InChI is InChI=1S/C10H18O3/c1-3-10(11)8(2)13-7-9-4-5-12-6-9/h8-9H,3-7H2,1-2H3. The first-order valence-electron chi connectivity index (χ1n) is 4.96. The number of hydrogen-bond donors (Lipinski definition) is 0. The second kappa shape index (κ2) is 5.35. The second-order valence-corrected chi connectivity index (χ2v) is 3.53. The molecule has 1 fully saturated rings. The van der Waals surface area contributed by atoms with Gasteiger partial charge in [-0.1, -0.05) is 6.92 Å². The van der Waals surface area contributed by atoms with Gasteiger partial charge in [0.2, 0.25) is 0 Å². The fourth-order valence-electron chi connectivity index (χ4n) is 1.38. The largest absolute Gasteiger partial charge is 0.381 e. The fourth-order valence-corrected chi connectivity index (χ4v) is 1.38. The zero-order valence-electron chi connectivity index (χ0n) is 8.41. The Kier molecular flexibility index (Phi) is 4.39. The minimum Gasteiger partial charge on any atom is -0.381 e. The van der Waals surface area contributed by atoms with Crippen molar-refractivity contribution in [3.05, 3.63) is 0 Å². The summed E-state index contributed by atoms with van der Waals surface area (Å²) < 4.78 is 10.7. The van der Waals surface area contributed by atoms with E-state index < -0.39 is 0 Å². The highest BCUT2D eigenvalue weighted by molar-refractivity contribution is 5.82. The molecule has 0 saturated carbocycles. The zero-order valence-corrected chi connectivity index (χ0v) is 8.41. The van der Waals surface area contributed by atoms with Gasteiger partial charge in [0, 0.05) is 18.9 Å². The Labute approximate surface area is 79.4 Å². The van der Waals surface area contributed by atoms with Crippen molar-refractivity contribution in [1.29, 1.82) is 0 Å². The Morgan fingerprint density at radius 2 is 2.46 bits per heavy atom. The molecule has 2 unspecified atom stereocenters. The molecule has 0 radical (unpaired) electrons. The minimum atomic E-state index is -0.245. The lowest BCUT2D eigenvalue weighted by Gasteiger charge is -2.13. The summed E-state index contributed by atoms with van der Waals surface area (Å²) >= 11 is 0. The predicted octanol–water partition coefficient (Wildman–Crippen LogP) is 1.41. The molecule has 0 aliphatic carbocycles. The van der Waals surface area contributed by atoms with Gasteiger partial charge in [0.15, 0.2) is 5.78 Å². The number of carbonyl (C=O) groups excluding carboxylic acids is 1. The van der Waals surface area contributed by atoms with E-state index in [1.54, 1.807) is 0 Å². The second-order valence-electron chi connectivity index (χ2n) is 3.53. The van der Waals surface area contributed by atoms with E-state index in [1.807, 2.05) is 13.8 Å². The van der Waals surface area contributed by atoms with Gasteiger partial charge in [-0.2, -0.15) is 0 Å². The van der Waals surface area contributed by atoms with Gasteiger partial charge in [0.25, 0.3) is 0 Å². The number of ether oxygens (including phenoxy) is 2. The van der Waals surface area contributed by atoms with Crippen LogP contribution in [0.4, 0.5) is 0 Å². The Morgan fingerprint density at radius 3 is 3.00 bits per heavy atom. The van der Waals surface area contributed by atoms with Gasteiger partial charge in [-0.25, -0.2) is 0 Å². The predicted molar refractivity (Wildman–Crippen MR) is 49.6 cm³/mol. The molecule has 1 aliphatic heterocycles. The molecule has 0 aromatic carbocycles. The molecule has 0 N–H and O–H groups in total. The number of hydrogen-bond acceptors (Lipinski definition) is 3. The summed E-state index contributed by atoms with van der Waals surface area (Å²) in [5.74, 6) is 0.672. The van der Waals surface area contributed by atoms with Crippen LogP contribution in [0.3, 0.4) is 0 Å². The summed E-state index contributed by atoms with van der Waals surface area (Å²) in [6, 6.07) is 0. The van der Waals surface area contributed by atoms with Crippen LogP contribution < -0.4 is 0 Å². The molecule has 3 heteroatoms. The number of carbonyl (C=O) groups is 1. The van der Waals surface area contributed by atoms with E-state index in [-0.39, 0.29) is 11.9 Å². The van der Waals surface area contributed by atoms with E-state index >= 15 is 0 Å². The molecule has 0 amide bonds. The van der Waals surface area contributed by atoms with E-state index in [0.717, 1.165) is 19.6 Å². The Morgan fingerprint density at radius 1 is 1.69 bits per heavy atom. The van der Waals surface area contributed by atoms with Gasteiger partial charge < -0.3 is 9.47 Å². The zero-order chi connectivity index (χ0) is 9.68. The first kappa shape index (κ1) is 10.7. The molecular weight excluding hydrogens is 168 g/mol. The van der Waals surface area contributed by atoms with Crippen molar-refractivity contribution in [2.45, 2.75) is 32.8 Å². The van der Waals surface area contributed by atoms with Crippen LogP contribution in [0.5, 0.6) is 0 Å². The van der Waals surface area contributed by atoms with Crippen molar-refractivity contribution < 1.29 is 14.3 Å². The third-order valence-corrected chi connectivity index (χ3v) is 2.41. The van der Waals surface area contributed by atoms with Gasteiger partial charge in [-0.3, -0.25) is 4.79 Å². The van der Waals surface area contributed by atoms with E-state index in [9.17, 15) is 4.79 Å². The monoisotopic (exact) mass is 186 g/mol. The van der Waals surface area contributed by atoms with Crippen molar-refractivity contribution in [3.8, 4) is 0 Å². The fraction of sp³-hybridized carbons (Fsp3) is 0.900. The molecule has 2 atom stereocenters. The molecule has 1 aliphatic rings. The van der Waals surface area contributed by atoms with Crippen LogP contribution in [-0.4, -0.2) is 31.7 Å². The lowest BCUT2D eigenvalue weighted by atomic mass is 10.1. The number of ketones is 1. The first-order valence-corrected chi connectivity index (χ1v) is 4.96. The van der Waals surface area contributed by atoms with Gasteiger partial charge >= 0.3 is 0 Å². The Balaban J connectivity index is 2.13. The summed E-state index contributed by atoms with van der Waals surface area (Å²) in [6.07, 6.45) is 1.38. The summed E-state index contributed by atoms with van der Waals surface area (Å²) in [5.41, 5.74) is 0. The minimum absolute atomic E-state index is 0.180. The maximum Gasteiger partial charge on any atom is 0.160 e. The normalized spacial score (nSPS) is 24.6. The molecule has 0 aromatic heterocycles. The highest BCUT2D eigenvalue weighted by atomic mass is 16.5. The molecule has 13 heavy (non-hydrogen) atoms. The Hall–Kier alpha value is -0.410. The lowest BCUT2D eigenvalue weighted by molar-refractivity contribution is -0.130. The van der Waals surface area contributed by atoms with E-state index in [1.165, 1.54) is 0 Å². The number of rotatable bonds is 5. The molecule has 1 heterocycles. The van der Waals surface area contributed by atoms with Crippen LogP contribution in [0.15, 0.2) is 0 Å². The summed E-state index contributed by atoms with van der Waals surface area (Å²) in [5, 5.41) is 0. The number of Topliss-reactive ketones (excluding diaryl/α,β-unsaturated/α-hetero) is 1. The van der Waals surface area contributed by atoms with Crippen molar-refractivity contribution in [3.63, 3.8) is 0 Å². The third-order valence-electron chi connectivity index (χ3n) is 2.41. The quantitative estimate of drug-likeness (QED) is 0.651. The summed E-state index contributed by atoms with van der Waals surface area (Å²) in [7, 11) is 0. The van der Waals surface area contributed by atoms with Crippen molar-refractivity contribution in [1.82, 2.24) is 0 Å².